The molecule has 0 amide bonds. The first-order chi connectivity index (χ1) is 9.12. The van der Waals surface area contributed by atoms with Gasteiger partial charge in [0.05, 0.1) is 19.3 Å². The predicted molar refractivity (Wildman–Crippen MR) is 77.5 cm³/mol. The minimum atomic E-state index is 0.256. The molecule has 1 aliphatic carbocycles. The summed E-state index contributed by atoms with van der Waals surface area (Å²) in [6.45, 7) is 10.8. The van der Waals surface area contributed by atoms with Gasteiger partial charge in [0.1, 0.15) is 0 Å². The van der Waals surface area contributed by atoms with Crippen molar-refractivity contribution >= 4 is 0 Å². The maximum atomic E-state index is 5.96. The van der Waals surface area contributed by atoms with Crippen LogP contribution in [0, 0.1) is 5.41 Å². The van der Waals surface area contributed by atoms with Crippen LogP contribution < -0.4 is 5.32 Å². The Morgan fingerprint density at radius 2 is 1.95 bits per heavy atom. The molecule has 0 aromatic carbocycles. The number of hydrogen-bond donors (Lipinski definition) is 1. The van der Waals surface area contributed by atoms with E-state index in [0.29, 0.717) is 25.4 Å². The van der Waals surface area contributed by atoms with Crippen LogP contribution >= 0.6 is 0 Å². The van der Waals surface area contributed by atoms with E-state index in [-0.39, 0.29) is 5.41 Å². The topological polar surface area (TPSA) is 39.7 Å². The van der Waals surface area contributed by atoms with Crippen molar-refractivity contribution in [1.29, 1.82) is 0 Å². The third-order valence-corrected chi connectivity index (χ3v) is 4.00. The summed E-state index contributed by atoms with van der Waals surface area (Å²) in [4.78, 5) is 0. The molecule has 1 aliphatic rings. The molecule has 1 saturated carbocycles. The molecule has 2 unspecified atom stereocenters. The van der Waals surface area contributed by atoms with Gasteiger partial charge in [0.25, 0.3) is 0 Å². The van der Waals surface area contributed by atoms with E-state index in [1.807, 2.05) is 0 Å². The molecule has 4 heteroatoms. The van der Waals surface area contributed by atoms with Gasteiger partial charge in [0.2, 0.25) is 0 Å². The smallest absolute Gasteiger partial charge is 0.0700 e. The summed E-state index contributed by atoms with van der Waals surface area (Å²) in [5.41, 5.74) is 0.256. The zero-order chi connectivity index (χ0) is 14.1. The zero-order valence-corrected chi connectivity index (χ0v) is 13.0. The Bertz CT molecular complexity index is 233. The van der Waals surface area contributed by atoms with E-state index in [4.69, 9.17) is 14.2 Å². The summed E-state index contributed by atoms with van der Waals surface area (Å²) in [5, 5.41) is 3.60. The molecule has 1 N–H and O–H groups in total. The quantitative estimate of drug-likeness (QED) is 0.586. The van der Waals surface area contributed by atoms with Gasteiger partial charge < -0.3 is 19.5 Å². The van der Waals surface area contributed by atoms with Crippen LogP contribution in [0.1, 0.15) is 40.0 Å². The van der Waals surface area contributed by atoms with Crippen molar-refractivity contribution in [2.45, 2.75) is 52.2 Å². The Kier molecular flexibility index (Phi) is 7.91. The van der Waals surface area contributed by atoms with Gasteiger partial charge in [-0.05, 0) is 25.8 Å². The number of hydrogen-bond acceptors (Lipinski definition) is 4. The highest BCUT2D eigenvalue weighted by Gasteiger charge is 2.48. The molecule has 0 aromatic heterocycles. The first kappa shape index (κ1) is 16.9. The monoisotopic (exact) mass is 273 g/mol. The van der Waals surface area contributed by atoms with Gasteiger partial charge in [-0.1, -0.05) is 20.8 Å². The third-order valence-electron chi connectivity index (χ3n) is 4.00. The van der Waals surface area contributed by atoms with Gasteiger partial charge in [0.15, 0.2) is 0 Å². The second-order valence-corrected chi connectivity index (χ2v) is 5.88. The van der Waals surface area contributed by atoms with E-state index in [1.165, 1.54) is 6.42 Å². The summed E-state index contributed by atoms with van der Waals surface area (Å²) < 4.78 is 16.3. The fourth-order valence-electron chi connectivity index (χ4n) is 2.46. The van der Waals surface area contributed by atoms with E-state index in [2.05, 4.69) is 26.1 Å². The van der Waals surface area contributed by atoms with E-state index in [1.54, 1.807) is 7.11 Å². The first-order valence-electron chi connectivity index (χ1n) is 7.54. The molecule has 0 radical (unpaired) electrons. The van der Waals surface area contributed by atoms with Crippen molar-refractivity contribution in [3.63, 3.8) is 0 Å². The molecule has 0 aliphatic heterocycles. The molecule has 0 spiro atoms. The number of rotatable bonds is 11. The summed E-state index contributed by atoms with van der Waals surface area (Å²) in [7, 11) is 1.69. The largest absolute Gasteiger partial charge is 0.382 e. The molecule has 2 atom stereocenters. The summed E-state index contributed by atoms with van der Waals surface area (Å²) in [5.74, 6) is 0. The van der Waals surface area contributed by atoms with Crippen LogP contribution in [0.3, 0.4) is 0 Å². The maximum Gasteiger partial charge on any atom is 0.0700 e. The van der Waals surface area contributed by atoms with Gasteiger partial charge in [-0.3, -0.25) is 0 Å². The zero-order valence-electron chi connectivity index (χ0n) is 13.0. The summed E-state index contributed by atoms with van der Waals surface area (Å²) >= 11 is 0. The molecule has 1 fully saturated rings. The molecular weight excluding hydrogens is 242 g/mol. The van der Waals surface area contributed by atoms with Gasteiger partial charge in [-0.15, -0.1) is 0 Å². The van der Waals surface area contributed by atoms with Gasteiger partial charge >= 0.3 is 0 Å². The van der Waals surface area contributed by atoms with Crippen molar-refractivity contribution in [2.75, 3.05) is 40.1 Å². The normalized spacial score (nSPS) is 25.3. The highest BCUT2D eigenvalue weighted by atomic mass is 16.5. The van der Waals surface area contributed by atoms with Crippen LogP contribution in [-0.2, 0) is 14.2 Å². The Balaban J connectivity index is 2.02. The Morgan fingerprint density at radius 3 is 2.58 bits per heavy atom. The fraction of sp³-hybridized carbons (Fsp3) is 1.00. The average Bonchev–Trinajstić information content (AvgIpc) is 2.39. The highest BCUT2D eigenvalue weighted by Crippen LogP contribution is 2.42. The minimum Gasteiger partial charge on any atom is -0.382 e. The molecule has 1 rings (SSSR count). The molecule has 0 heterocycles. The second kappa shape index (κ2) is 8.90. The molecule has 114 valence electrons. The van der Waals surface area contributed by atoms with E-state index < -0.39 is 0 Å². The molecule has 4 nitrogen and oxygen atoms in total. The van der Waals surface area contributed by atoms with Gasteiger partial charge in [-0.2, -0.15) is 0 Å². The van der Waals surface area contributed by atoms with E-state index in [0.717, 1.165) is 32.6 Å². The maximum absolute atomic E-state index is 5.96. The Hall–Kier alpha value is -0.160. The molecule has 0 bridgehead atoms. The molecule has 0 aromatic rings. The molecular formula is C15H31NO3. The standard InChI is InChI=1S/C15H31NO3/c1-5-7-16-13-12-14(15(13,2)3)19-9-6-8-18-11-10-17-4/h13-14,16H,5-12H2,1-4H3. The van der Waals surface area contributed by atoms with Crippen LogP contribution in [0.2, 0.25) is 0 Å². The first-order valence-corrected chi connectivity index (χ1v) is 7.54. The van der Waals surface area contributed by atoms with Crippen LogP contribution in [0.5, 0.6) is 0 Å². The average molecular weight is 273 g/mol. The van der Waals surface area contributed by atoms with E-state index >= 15 is 0 Å². The minimum absolute atomic E-state index is 0.256. The van der Waals surface area contributed by atoms with Crippen molar-refractivity contribution < 1.29 is 14.2 Å². The SMILES string of the molecule is CCCNC1CC(OCCCOCCOC)C1(C)C. The second-order valence-electron chi connectivity index (χ2n) is 5.88. The molecule has 0 saturated heterocycles. The van der Waals surface area contributed by atoms with Gasteiger partial charge in [-0.25, -0.2) is 0 Å². The number of methoxy groups -OCH3 is 1. The lowest BCUT2D eigenvalue weighted by Crippen LogP contribution is -2.61. The number of ether oxygens (including phenoxy) is 3. The van der Waals surface area contributed by atoms with Crippen molar-refractivity contribution in [2.24, 2.45) is 5.41 Å². The van der Waals surface area contributed by atoms with Crippen LogP contribution in [0.15, 0.2) is 0 Å². The van der Waals surface area contributed by atoms with Crippen molar-refractivity contribution in [1.82, 2.24) is 5.32 Å². The highest BCUT2D eigenvalue weighted by molar-refractivity contribution is 5.02. The number of nitrogens with one attached hydrogen (secondary N) is 1. The van der Waals surface area contributed by atoms with Crippen molar-refractivity contribution in [3.05, 3.63) is 0 Å². The van der Waals surface area contributed by atoms with Crippen molar-refractivity contribution in [3.8, 4) is 0 Å². The lowest BCUT2D eigenvalue weighted by molar-refractivity contribution is -0.120. The van der Waals surface area contributed by atoms with Gasteiger partial charge in [0, 0.05) is 31.8 Å². The summed E-state index contributed by atoms with van der Waals surface area (Å²) in [6, 6.07) is 0.607. The van der Waals surface area contributed by atoms with Crippen LogP contribution in [-0.4, -0.2) is 52.2 Å². The Labute approximate surface area is 118 Å². The third kappa shape index (κ3) is 5.38. The Morgan fingerprint density at radius 1 is 1.16 bits per heavy atom. The van der Waals surface area contributed by atoms with E-state index in [9.17, 15) is 0 Å². The van der Waals surface area contributed by atoms with Crippen LogP contribution in [0.4, 0.5) is 0 Å². The van der Waals surface area contributed by atoms with Crippen LogP contribution in [0.25, 0.3) is 0 Å². The lowest BCUT2D eigenvalue weighted by Gasteiger charge is -2.52. The summed E-state index contributed by atoms with van der Waals surface area (Å²) in [6.07, 6.45) is 3.68. The fourth-order valence-corrected chi connectivity index (χ4v) is 2.46. The lowest BCUT2D eigenvalue weighted by atomic mass is 9.64. The predicted octanol–water partition coefficient (Wildman–Crippen LogP) is 2.22. The molecule has 19 heavy (non-hydrogen) atoms.